The van der Waals surface area contributed by atoms with E-state index in [1.54, 1.807) is 29.2 Å². The second kappa shape index (κ2) is 8.33. The molecular formula is C28H28N2O5. The largest absolute Gasteiger partial charge is 0.426 e. The van der Waals surface area contributed by atoms with E-state index in [2.05, 4.69) is 6.92 Å². The van der Waals surface area contributed by atoms with Gasteiger partial charge in [0.25, 0.3) is 0 Å². The molecule has 180 valence electrons. The van der Waals surface area contributed by atoms with Crippen molar-refractivity contribution in [1.29, 1.82) is 0 Å². The van der Waals surface area contributed by atoms with Gasteiger partial charge in [-0.2, -0.15) is 0 Å². The van der Waals surface area contributed by atoms with Gasteiger partial charge >= 0.3 is 5.97 Å². The number of nitrogens with zero attached hydrogens (tertiary/aromatic N) is 2. The maximum Gasteiger partial charge on any atom is 0.316 e. The van der Waals surface area contributed by atoms with Crippen LogP contribution in [0.3, 0.4) is 0 Å². The number of amides is 3. The quantitative estimate of drug-likeness (QED) is 0.376. The van der Waals surface area contributed by atoms with Crippen LogP contribution >= 0.6 is 0 Å². The van der Waals surface area contributed by atoms with E-state index in [0.717, 1.165) is 31.4 Å². The van der Waals surface area contributed by atoms with E-state index in [-0.39, 0.29) is 48.3 Å². The molecule has 2 aliphatic heterocycles. The second-order valence-corrected chi connectivity index (χ2v) is 10.2. The minimum absolute atomic E-state index is 0.0866. The fraction of sp³-hybridized carbons (Fsp3) is 0.429. The van der Waals surface area contributed by atoms with Crippen molar-refractivity contribution in [3.05, 3.63) is 54.1 Å². The first-order valence-corrected chi connectivity index (χ1v) is 12.5. The van der Waals surface area contributed by atoms with Crippen LogP contribution in [0.4, 0.5) is 11.4 Å². The van der Waals surface area contributed by atoms with Gasteiger partial charge in [0.05, 0.1) is 23.4 Å². The van der Waals surface area contributed by atoms with Gasteiger partial charge < -0.3 is 9.64 Å². The van der Waals surface area contributed by atoms with E-state index in [1.807, 2.05) is 24.3 Å². The van der Waals surface area contributed by atoms with Crippen molar-refractivity contribution in [2.45, 2.75) is 39.0 Å². The highest BCUT2D eigenvalue weighted by atomic mass is 16.5. The van der Waals surface area contributed by atoms with Crippen molar-refractivity contribution in [3.63, 3.8) is 0 Å². The zero-order valence-electron chi connectivity index (χ0n) is 19.7. The molecule has 2 saturated heterocycles. The van der Waals surface area contributed by atoms with Gasteiger partial charge in [0, 0.05) is 24.7 Å². The lowest BCUT2D eigenvalue weighted by Crippen LogP contribution is -2.32. The number of carbonyl (C=O) groups excluding carboxylic acids is 4. The topological polar surface area (TPSA) is 84.0 Å². The van der Waals surface area contributed by atoms with E-state index in [4.69, 9.17) is 4.74 Å². The Labute approximate surface area is 204 Å². The number of hydrogen-bond acceptors (Lipinski definition) is 5. The zero-order valence-corrected chi connectivity index (χ0v) is 19.7. The molecular weight excluding hydrogens is 444 g/mol. The summed E-state index contributed by atoms with van der Waals surface area (Å²) in [6.07, 6.45) is 4.03. The standard InChI is InChI=1S/C28H28N2O5/c1-2-16-6-10-20(11-7-16)29-15-19(13-23(29)31)28(34)35-22-5-3-4-21(14-22)30-26(32)24-17-8-9-18(12-17)25(24)27(30)33/h3-7,10-11,14,17-19,24-25H,2,8-9,12-13,15H2,1H3/t17-,18-,19+,24+,25+/m0/s1. The van der Waals surface area contributed by atoms with Crippen LogP contribution in [0.2, 0.25) is 0 Å². The Morgan fingerprint density at radius 3 is 2.29 bits per heavy atom. The van der Waals surface area contributed by atoms with E-state index >= 15 is 0 Å². The van der Waals surface area contributed by atoms with E-state index in [1.165, 1.54) is 10.5 Å². The van der Waals surface area contributed by atoms with Crippen LogP contribution in [0.5, 0.6) is 5.75 Å². The molecule has 2 aliphatic carbocycles. The van der Waals surface area contributed by atoms with E-state index in [9.17, 15) is 19.2 Å². The van der Waals surface area contributed by atoms with Crippen LogP contribution in [0.15, 0.2) is 48.5 Å². The van der Waals surface area contributed by atoms with Gasteiger partial charge in [-0.3, -0.25) is 19.2 Å². The second-order valence-electron chi connectivity index (χ2n) is 10.2. The Kier molecular flexibility index (Phi) is 5.24. The number of anilines is 2. The molecule has 0 N–H and O–H groups in total. The predicted octanol–water partition coefficient (Wildman–Crippen LogP) is 3.74. The van der Waals surface area contributed by atoms with E-state index < -0.39 is 11.9 Å². The van der Waals surface area contributed by atoms with Crippen molar-refractivity contribution < 1.29 is 23.9 Å². The van der Waals surface area contributed by atoms with Gasteiger partial charge in [0.2, 0.25) is 17.7 Å². The predicted molar refractivity (Wildman–Crippen MR) is 129 cm³/mol. The van der Waals surface area contributed by atoms with Crippen molar-refractivity contribution in [3.8, 4) is 5.75 Å². The highest BCUT2D eigenvalue weighted by molar-refractivity contribution is 6.22. The lowest BCUT2D eigenvalue weighted by atomic mass is 9.81. The van der Waals surface area contributed by atoms with Gasteiger partial charge in [-0.25, -0.2) is 4.90 Å². The molecule has 2 saturated carbocycles. The molecule has 6 rings (SSSR count). The van der Waals surface area contributed by atoms with Gasteiger partial charge in [-0.15, -0.1) is 0 Å². The molecule has 0 aromatic heterocycles. The van der Waals surface area contributed by atoms with Crippen LogP contribution in [-0.2, 0) is 25.6 Å². The molecule has 2 heterocycles. The Bertz CT molecular complexity index is 1190. The summed E-state index contributed by atoms with van der Waals surface area (Å²) in [5, 5.41) is 0. The summed E-state index contributed by atoms with van der Waals surface area (Å²) < 4.78 is 5.62. The SMILES string of the molecule is CCc1ccc(N2C[C@H](C(=O)Oc3cccc(N4C(=O)[C@@H]5[C@H]6CC[C@@H](C6)[C@H]5C4=O)c3)CC2=O)cc1. The summed E-state index contributed by atoms with van der Waals surface area (Å²) in [6.45, 7) is 2.33. The number of aryl methyl sites for hydroxylation is 1. The molecule has 7 heteroatoms. The maximum absolute atomic E-state index is 13.1. The van der Waals surface area contributed by atoms with Crippen LogP contribution < -0.4 is 14.5 Å². The molecule has 35 heavy (non-hydrogen) atoms. The van der Waals surface area contributed by atoms with Crippen molar-refractivity contribution >= 4 is 35.1 Å². The third kappa shape index (κ3) is 3.56. The van der Waals surface area contributed by atoms with Gasteiger partial charge in [-0.1, -0.05) is 25.1 Å². The average molecular weight is 473 g/mol. The van der Waals surface area contributed by atoms with Crippen LogP contribution in [0, 0.1) is 29.6 Å². The number of benzene rings is 2. The lowest BCUT2D eigenvalue weighted by molar-refractivity contribution is -0.139. The maximum atomic E-state index is 13.1. The first-order valence-electron chi connectivity index (χ1n) is 12.5. The minimum atomic E-state index is -0.581. The molecule has 0 unspecified atom stereocenters. The normalized spacial score (nSPS) is 29.3. The first-order chi connectivity index (χ1) is 16.9. The van der Waals surface area contributed by atoms with Crippen molar-refractivity contribution in [2.75, 3.05) is 16.3 Å². The molecule has 2 aromatic rings. The smallest absolute Gasteiger partial charge is 0.316 e. The fourth-order valence-electron chi connectivity index (χ4n) is 6.58. The van der Waals surface area contributed by atoms with E-state index in [0.29, 0.717) is 17.5 Å². The number of hydrogen-bond donors (Lipinski definition) is 0. The zero-order chi connectivity index (χ0) is 24.3. The molecule has 4 aliphatic rings. The van der Waals surface area contributed by atoms with Gasteiger partial charge in [0.1, 0.15) is 5.75 Å². The monoisotopic (exact) mass is 472 g/mol. The number of ether oxygens (including phenoxy) is 1. The Morgan fingerprint density at radius 1 is 0.943 bits per heavy atom. The molecule has 2 bridgehead atoms. The summed E-state index contributed by atoms with van der Waals surface area (Å²) in [5.74, 6) is -0.931. The third-order valence-corrected chi connectivity index (χ3v) is 8.34. The number of rotatable bonds is 5. The Hall–Kier alpha value is -3.48. The summed E-state index contributed by atoms with van der Waals surface area (Å²) in [5.41, 5.74) is 2.40. The molecule has 0 radical (unpaired) electrons. The first kappa shape index (κ1) is 22.0. The van der Waals surface area contributed by atoms with Crippen molar-refractivity contribution in [1.82, 2.24) is 0 Å². The van der Waals surface area contributed by atoms with Crippen LogP contribution in [0.25, 0.3) is 0 Å². The summed E-state index contributed by atoms with van der Waals surface area (Å²) in [6, 6.07) is 14.4. The highest BCUT2D eigenvalue weighted by Crippen LogP contribution is 2.56. The number of imide groups is 1. The van der Waals surface area contributed by atoms with Gasteiger partial charge in [0.15, 0.2) is 0 Å². The fourth-order valence-corrected chi connectivity index (χ4v) is 6.58. The summed E-state index contributed by atoms with van der Waals surface area (Å²) >= 11 is 0. The summed E-state index contributed by atoms with van der Waals surface area (Å²) in [4.78, 5) is 54.7. The number of fused-ring (bicyclic) bond motifs is 5. The molecule has 4 fully saturated rings. The molecule has 2 aromatic carbocycles. The van der Waals surface area contributed by atoms with Gasteiger partial charge in [-0.05, 0) is 67.3 Å². The lowest BCUT2D eigenvalue weighted by Gasteiger charge is -2.19. The number of esters is 1. The third-order valence-electron chi connectivity index (χ3n) is 8.34. The van der Waals surface area contributed by atoms with Crippen LogP contribution in [-0.4, -0.2) is 30.2 Å². The average Bonchev–Trinajstić information content (AvgIpc) is 3.63. The summed E-state index contributed by atoms with van der Waals surface area (Å²) in [7, 11) is 0. The molecule has 7 nitrogen and oxygen atoms in total. The molecule has 5 atom stereocenters. The Morgan fingerprint density at radius 2 is 1.63 bits per heavy atom. The highest BCUT2D eigenvalue weighted by Gasteiger charge is 2.61. The Balaban J connectivity index is 1.15. The number of carbonyl (C=O) groups is 4. The van der Waals surface area contributed by atoms with Crippen molar-refractivity contribution in [2.24, 2.45) is 29.6 Å². The molecule has 0 spiro atoms. The molecule has 3 amide bonds. The minimum Gasteiger partial charge on any atom is -0.426 e. The van der Waals surface area contributed by atoms with Crippen LogP contribution in [0.1, 0.15) is 38.2 Å².